The van der Waals surface area contributed by atoms with E-state index in [0.29, 0.717) is 55.3 Å². The SMILES string of the molecule is CCC(C)(C)NC(=O)[C@H](c1cccc(OC)c1OC)N(CCN1CCOCC1)C(=O)Cn1nnc2ccccc21. The van der Waals surface area contributed by atoms with Gasteiger partial charge in [0.2, 0.25) is 11.8 Å². The first-order valence-electron chi connectivity index (χ1n) is 13.7. The van der Waals surface area contributed by atoms with Crippen LogP contribution in [0.4, 0.5) is 0 Å². The summed E-state index contributed by atoms with van der Waals surface area (Å²) in [4.78, 5) is 32.2. The molecule has 1 aliphatic heterocycles. The van der Waals surface area contributed by atoms with Crippen LogP contribution in [0.25, 0.3) is 11.0 Å². The molecule has 2 heterocycles. The molecule has 2 aromatic carbocycles. The van der Waals surface area contributed by atoms with Gasteiger partial charge in [-0.2, -0.15) is 0 Å². The van der Waals surface area contributed by atoms with Crippen molar-refractivity contribution in [2.45, 2.75) is 45.3 Å². The van der Waals surface area contributed by atoms with Crippen molar-refractivity contribution in [3.8, 4) is 11.5 Å². The van der Waals surface area contributed by atoms with Gasteiger partial charge < -0.3 is 24.4 Å². The van der Waals surface area contributed by atoms with Gasteiger partial charge in [-0.05, 0) is 38.5 Å². The molecule has 1 N–H and O–H groups in total. The monoisotopic (exact) mass is 552 g/mol. The summed E-state index contributed by atoms with van der Waals surface area (Å²) < 4.78 is 18.4. The summed E-state index contributed by atoms with van der Waals surface area (Å²) in [6.07, 6.45) is 0.716. The second-order valence-electron chi connectivity index (χ2n) is 10.5. The maximum atomic E-state index is 14.2. The zero-order chi connectivity index (χ0) is 28.7. The second kappa shape index (κ2) is 13.1. The van der Waals surface area contributed by atoms with E-state index < -0.39 is 11.6 Å². The largest absolute Gasteiger partial charge is 0.493 e. The summed E-state index contributed by atoms with van der Waals surface area (Å²) in [6.45, 7) is 9.56. The minimum atomic E-state index is -0.973. The Hall–Kier alpha value is -3.70. The first kappa shape index (κ1) is 29.3. The highest BCUT2D eigenvalue weighted by Crippen LogP contribution is 2.37. The second-order valence-corrected chi connectivity index (χ2v) is 10.5. The quantitative estimate of drug-likeness (QED) is 0.365. The maximum Gasteiger partial charge on any atom is 0.248 e. The molecule has 0 spiro atoms. The Kier molecular flexibility index (Phi) is 9.59. The number of aromatic nitrogens is 3. The Morgan fingerprint density at radius 1 is 1.10 bits per heavy atom. The highest BCUT2D eigenvalue weighted by atomic mass is 16.5. The van der Waals surface area contributed by atoms with Crippen molar-refractivity contribution in [3.63, 3.8) is 0 Å². The van der Waals surface area contributed by atoms with Crippen molar-refractivity contribution in [2.75, 3.05) is 53.6 Å². The van der Waals surface area contributed by atoms with Crippen molar-refractivity contribution in [1.29, 1.82) is 0 Å². The molecular formula is C29H40N6O5. The lowest BCUT2D eigenvalue weighted by atomic mass is 9.97. The highest BCUT2D eigenvalue weighted by molar-refractivity contribution is 5.90. The number of methoxy groups -OCH3 is 2. The summed E-state index contributed by atoms with van der Waals surface area (Å²) in [5, 5.41) is 11.6. The maximum absolute atomic E-state index is 14.2. The van der Waals surface area contributed by atoms with Crippen LogP contribution >= 0.6 is 0 Å². The fraction of sp³-hybridized carbons (Fsp3) is 0.517. The molecule has 0 radical (unpaired) electrons. The van der Waals surface area contributed by atoms with Gasteiger partial charge in [-0.25, -0.2) is 4.68 Å². The number of nitrogens with one attached hydrogen (secondary N) is 1. The molecule has 3 aromatic rings. The Morgan fingerprint density at radius 3 is 2.55 bits per heavy atom. The van der Waals surface area contributed by atoms with Crippen LogP contribution in [0.2, 0.25) is 0 Å². The molecule has 1 aromatic heterocycles. The third-order valence-corrected chi connectivity index (χ3v) is 7.42. The Labute approximate surface area is 235 Å². The lowest BCUT2D eigenvalue weighted by Crippen LogP contribution is -2.52. The van der Waals surface area contributed by atoms with Gasteiger partial charge in [-0.1, -0.05) is 36.4 Å². The molecule has 11 nitrogen and oxygen atoms in total. The fourth-order valence-electron chi connectivity index (χ4n) is 4.79. The number of fused-ring (bicyclic) bond motifs is 1. The van der Waals surface area contributed by atoms with Gasteiger partial charge in [-0.3, -0.25) is 14.5 Å². The standard InChI is InChI=1S/C29H40N6O5/c1-6-29(2,3)30-28(37)26(21-10-9-13-24(38-4)27(21)39-5)34(15-14-33-16-18-40-19-17-33)25(36)20-35-23-12-8-7-11-22(23)31-32-35/h7-13,26H,6,14-20H2,1-5H3,(H,30,37)/t26-/m0/s1. The van der Waals surface area contributed by atoms with Crippen LogP contribution in [0.3, 0.4) is 0 Å². The average Bonchev–Trinajstić information content (AvgIpc) is 3.37. The molecular weight excluding hydrogens is 512 g/mol. The first-order valence-corrected chi connectivity index (χ1v) is 13.7. The molecule has 40 heavy (non-hydrogen) atoms. The zero-order valence-corrected chi connectivity index (χ0v) is 24.1. The number of ether oxygens (including phenoxy) is 3. The highest BCUT2D eigenvalue weighted by Gasteiger charge is 2.37. The Balaban J connectivity index is 1.76. The normalized spacial score (nSPS) is 15.0. The average molecular weight is 553 g/mol. The molecule has 1 atom stereocenters. The summed E-state index contributed by atoms with van der Waals surface area (Å²) in [7, 11) is 3.09. The van der Waals surface area contributed by atoms with Crippen molar-refractivity contribution in [2.24, 2.45) is 0 Å². The van der Waals surface area contributed by atoms with Crippen LogP contribution in [0.1, 0.15) is 38.8 Å². The van der Waals surface area contributed by atoms with Gasteiger partial charge in [-0.15, -0.1) is 5.10 Å². The molecule has 0 saturated carbocycles. The summed E-state index contributed by atoms with van der Waals surface area (Å²) in [6, 6.07) is 11.9. The minimum Gasteiger partial charge on any atom is -0.493 e. The van der Waals surface area contributed by atoms with E-state index in [4.69, 9.17) is 14.2 Å². The van der Waals surface area contributed by atoms with Gasteiger partial charge >= 0.3 is 0 Å². The number of benzene rings is 2. The first-order chi connectivity index (χ1) is 19.3. The van der Waals surface area contributed by atoms with Gasteiger partial charge in [0.25, 0.3) is 0 Å². The molecule has 1 fully saturated rings. The summed E-state index contributed by atoms with van der Waals surface area (Å²) in [5.74, 6) is 0.339. The summed E-state index contributed by atoms with van der Waals surface area (Å²) in [5.41, 5.74) is 1.51. The van der Waals surface area contributed by atoms with Crippen LogP contribution in [0, 0.1) is 0 Å². The Bertz CT molecular complexity index is 1300. The molecule has 1 aliphatic rings. The van der Waals surface area contributed by atoms with Crippen molar-refractivity contribution >= 4 is 22.8 Å². The molecule has 1 saturated heterocycles. The van der Waals surface area contributed by atoms with E-state index in [-0.39, 0.29) is 18.4 Å². The number of amides is 2. The minimum absolute atomic E-state index is 0.0726. The number of carbonyl (C=O) groups is 2. The number of morpholine rings is 1. The van der Waals surface area contributed by atoms with Crippen LogP contribution in [0.15, 0.2) is 42.5 Å². The molecule has 11 heteroatoms. The third-order valence-electron chi connectivity index (χ3n) is 7.42. The van der Waals surface area contributed by atoms with Gasteiger partial charge in [0.1, 0.15) is 18.1 Å². The van der Waals surface area contributed by atoms with Crippen LogP contribution in [0.5, 0.6) is 11.5 Å². The smallest absolute Gasteiger partial charge is 0.248 e. The van der Waals surface area contributed by atoms with E-state index in [1.54, 1.807) is 28.8 Å². The predicted octanol–water partition coefficient (Wildman–Crippen LogP) is 2.66. The molecule has 216 valence electrons. The number of nitrogens with zero attached hydrogens (tertiary/aromatic N) is 5. The number of hydrogen-bond acceptors (Lipinski definition) is 8. The molecule has 0 bridgehead atoms. The van der Waals surface area contributed by atoms with Crippen LogP contribution in [-0.2, 0) is 20.9 Å². The van der Waals surface area contributed by atoms with Gasteiger partial charge in [0.15, 0.2) is 11.5 Å². The van der Waals surface area contributed by atoms with Gasteiger partial charge in [0, 0.05) is 37.3 Å². The Morgan fingerprint density at radius 2 is 1.85 bits per heavy atom. The zero-order valence-electron chi connectivity index (χ0n) is 24.1. The lowest BCUT2D eigenvalue weighted by molar-refractivity contribution is -0.142. The van der Waals surface area contributed by atoms with E-state index in [2.05, 4.69) is 20.5 Å². The van der Waals surface area contributed by atoms with Crippen molar-refractivity contribution < 1.29 is 23.8 Å². The molecule has 2 amide bonds. The van der Waals surface area contributed by atoms with Crippen molar-refractivity contribution in [3.05, 3.63) is 48.0 Å². The van der Waals surface area contributed by atoms with Gasteiger partial charge in [0.05, 0.1) is 33.0 Å². The van der Waals surface area contributed by atoms with Crippen molar-refractivity contribution in [1.82, 2.24) is 30.1 Å². The molecule has 0 unspecified atom stereocenters. The van der Waals surface area contributed by atoms with E-state index in [1.807, 2.05) is 51.1 Å². The molecule has 4 rings (SSSR count). The number of hydrogen-bond donors (Lipinski definition) is 1. The van der Waals surface area contributed by atoms with E-state index in [1.165, 1.54) is 7.11 Å². The van der Waals surface area contributed by atoms with E-state index in [9.17, 15) is 9.59 Å². The number of carbonyl (C=O) groups excluding carboxylic acids is 2. The number of rotatable bonds is 12. The summed E-state index contributed by atoms with van der Waals surface area (Å²) >= 11 is 0. The van der Waals surface area contributed by atoms with Crippen LogP contribution in [-0.4, -0.2) is 95.8 Å². The predicted molar refractivity (Wildman–Crippen MR) is 151 cm³/mol. The topological polar surface area (TPSA) is 111 Å². The van der Waals surface area contributed by atoms with E-state index >= 15 is 0 Å². The fourth-order valence-corrected chi connectivity index (χ4v) is 4.79. The lowest BCUT2D eigenvalue weighted by Gasteiger charge is -2.37. The molecule has 0 aliphatic carbocycles. The number of para-hydroxylation sites is 2. The van der Waals surface area contributed by atoms with E-state index in [0.717, 1.165) is 18.6 Å². The third kappa shape index (κ3) is 6.71. The van der Waals surface area contributed by atoms with Crippen LogP contribution < -0.4 is 14.8 Å².